The molecule has 7 heteroatoms. The monoisotopic (exact) mass is 436 g/mol. The normalized spacial score (nSPS) is 20.9. The van der Waals surface area contributed by atoms with Gasteiger partial charge in [0.2, 0.25) is 0 Å². The van der Waals surface area contributed by atoms with Crippen LogP contribution in [0, 0.1) is 0 Å². The molecule has 0 radical (unpaired) electrons. The minimum Gasteiger partial charge on any atom is -0.470 e. The van der Waals surface area contributed by atoms with Gasteiger partial charge in [0, 0.05) is 11.6 Å². The van der Waals surface area contributed by atoms with Crippen molar-refractivity contribution in [1.29, 1.82) is 0 Å². The molecule has 0 saturated carbocycles. The van der Waals surface area contributed by atoms with Crippen LogP contribution < -0.4 is 4.74 Å². The van der Waals surface area contributed by atoms with Crippen LogP contribution in [0.1, 0.15) is 0 Å². The van der Waals surface area contributed by atoms with Crippen LogP contribution in [0.4, 0.5) is 0 Å². The van der Waals surface area contributed by atoms with Crippen molar-refractivity contribution in [2.45, 2.75) is 18.3 Å². The second-order valence-corrected chi connectivity index (χ2v) is 7.94. The molecule has 2 aromatic heterocycles. The molecule has 31 heavy (non-hydrogen) atoms. The zero-order valence-electron chi connectivity index (χ0n) is 16.5. The summed E-state index contributed by atoms with van der Waals surface area (Å²) < 4.78 is 11.2. The number of benzene rings is 2. The quantitative estimate of drug-likeness (QED) is 0.439. The molecule has 4 aromatic rings. The average molecular weight is 437 g/mol. The predicted molar refractivity (Wildman–Crippen MR) is 119 cm³/mol. The number of rotatable bonds is 5. The minimum atomic E-state index is -0.897. The van der Waals surface area contributed by atoms with Crippen LogP contribution in [0.25, 0.3) is 33.4 Å². The molecule has 3 N–H and O–H groups in total. The maximum atomic E-state index is 10.2. The van der Waals surface area contributed by atoms with E-state index in [1.54, 1.807) is 6.07 Å². The van der Waals surface area contributed by atoms with Crippen molar-refractivity contribution in [3.63, 3.8) is 0 Å². The fourth-order valence-corrected chi connectivity index (χ4v) is 4.07. The Bertz CT molecular complexity index is 1190. The Balaban J connectivity index is 1.41. The summed E-state index contributed by atoms with van der Waals surface area (Å²) in [5.41, 5.74) is 5.31. The summed E-state index contributed by atoms with van der Waals surface area (Å²) in [6.07, 6.45) is -2.09. The molecule has 1 fully saturated rings. The van der Waals surface area contributed by atoms with Crippen LogP contribution in [0.15, 0.2) is 66.7 Å². The molecule has 3 atom stereocenters. The van der Waals surface area contributed by atoms with Gasteiger partial charge in [0.1, 0.15) is 12.2 Å². The Labute approximate surface area is 184 Å². The molecule has 1 aliphatic heterocycles. The number of aromatic nitrogens is 2. The van der Waals surface area contributed by atoms with Gasteiger partial charge in [0.15, 0.2) is 12.0 Å². The van der Waals surface area contributed by atoms with E-state index >= 15 is 0 Å². The second kappa shape index (κ2) is 8.32. The van der Waals surface area contributed by atoms with E-state index in [-0.39, 0.29) is 13.2 Å². The van der Waals surface area contributed by atoms with Gasteiger partial charge >= 0.3 is 0 Å². The SMILES string of the molecule is OCC1OC[C@@H](Oc2cc3nc(-c4ccc(-c5ccccc5)cc4)c(Cl)cc3[nH]2)[C@@H]1O. The van der Waals surface area contributed by atoms with E-state index in [2.05, 4.69) is 29.2 Å². The van der Waals surface area contributed by atoms with Gasteiger partial charge in [-0.25, -0.2) is 4.98 Å². The van der Waals surface area contributed by atoms with E-state index in [0.29, 0.717) is 22.1 Å². The van der Waals surface area contributed by atoms with Crippen LogP contribution in [0.3, 0.4) is 0 Å². The molecule has 1 aliphatic rings. The first-order chi connectivity index (χ1) is 15.1. The largest absolute Gasteiger partial charge is 0.470 e. The summed E-state index contributed by atoms with van der Waals surface area (Å²) >= 11 is 6.52. The third-order valence-electron chi connectivity index (χ3n) is 5.49. The Morgan fingerprint density at radius 1 is 1.03 bits per heavy atom. The number of aromatic amines is 1. The third-order valence-corrected chi connectivity index (χ3v) is 5.78. The molecule has 0 amide bonds. The molecule has 5 rings (SSSR count). The van der Waals surface area contributed by atoms with Crippen LogP contribution in [-0.4, -0.2) is 51.7 Å². The Kier molecular flexibility index (Phi) is 5.38. The molecular formula is C24H21ClN2O4. The zero-order valence-corrected chi connectivity index (χ0v) is 17.3. The lowest BCUT2D eigenvalue weighted by molar-refractivity contribution is -0.00355. The molecular weight excluding hydrogens is 416 g/mol. The first kappa shape index (κ1) is 20.0. The lowest BCUT2D eigenvalue weighted by atomic mass is 10.0. The van der Waals surface area contributed by atoms with Crippen LogP contribution >= 0.6 is 11.6 Å². The van der Waals surface area contributed by atoms with Gasteiger partial charge < -0.3 is 24.7 Å². The Morgan fingerprint density at radius 3 is 2.45 bits per heavy atom. The third kappa shape index (κ3) is 3.91. The highest BCUT2D eigenvalue weighted by Crippen LogP contribution is 2.32. The molecule has 0 bridgehead atoms. The van der Waals surface area contributed by atoms with Crippen molar-refractivity contribution >= 4 is 22.6 Å². The van der Waals surface area contributed by atoms with Gasteiger partial charge in [-0.1, -0.05) is 66.2 Å². The number of nitrogens with zero attached hydrogens (tertiary/aromatic N) is 1. The molecule has 6 nitrogen and oxygen atoms in total. The number of aliphatic hydroxyl groups excluding tert-OH is 2. The number of ether oxygens (including phenoxy) is 2. The molecule has 2 aromatic carbocycles. The molecule has 1 saturated heterocycles. The topological polar surface area (TPSA) is 87.6 Å². The summed E-state index contributed by atoms with van der Waals surface area (Å²) in [6, 6.07) is 21.9. The van der Waals surface area contributed by atoms with Gasteiger partial charge in [-0.2, -0.15) is 0 Å². The van der Waals surface area contributed by atoms with Crippen molar-refractivity contribution < 1.29 is 19.7 Å². The van der Waals surface area contributed by atoms with E-state index in [9.17, 15) is 10.2 Å². The number of halogens is 1. The van der Waals surface area contributed by atoms with Gasteiger partial charge in [-0.3, -0.25) is 0 Å². The van der Waals surface area contributed by atoms with Crippen molar-refractivity contribution in [3.8, 4) is 28.3 Å². The van der Waals surface area contributed by atoms with E-state index in [1.807, 2.05) is 36.4 Å². The highest BCUT2D eigenvalue weighted by Gasteiger charge is 2.37. The lowest BCUT2D eigenvalue weighted by Gasteiger charge is -2.16. The van der Waals surface area contributed by atoms with Gasteiger partial charge in [0.05, 0.1) is 35.0 Å². The van der Waals surface area contributed by atoms with E-state index in [0.717, 1.165) is 22.2 Å². The van der Waals surface area contributed by atoms with Gasteiger partial charge in [-0.15, -0.1) is 0 Å². The number of nitrogens with one attached hydrogen (secondary N) is 1. The average Bonchev–Trinajstić information content (AvgIpc) is 3.36. The Hall–Kier alpha value is -2.90. The Morgan fingerprint density at radius 2 is 1.74 bits per heavy atom. The van der Waals surface area contributed by atoms with Crippen molar-refractivity contribution in [1.82, 2.24) is 9.97 Å². The fourth-order valence-electron chi connectivity index (χ4n) is 3.81. The maximum Gasteiger partial charge on any atom is 0.193 e. The summed E-state index contributed by atoms with van der Waals surface area (Å²) in [5, 5.41) is 19.9. The van der Waals surface area contributed by atoms with Gasteiger partial charge in [-0.05, 0) is 17.2 Å². The van der Waals surface area contributed by atoms with E-state index in [1.165, 1.54) is 0 Å². The summed E-state index contributed by atoms with van der Waals surface area (Å²) in [6.45, 7) is -0.0493. The maximum absolute atomic E-state index is 10.2. The number of H-pyrrole nitrogens is 1. The fraction of sp³-hybridized carbons (Fsp3) is 0.208. The van der Waals surface area contributed by atoms with Gasteiger partial charge in [0.25, 0.3) is 0 Å². The summed E-state index contributed by atoms with van der Waals surface area (Å²) in [7, 11) is 0. The molecule has 158 valence electrons. The van der Waals surface area contributed by atoms with Crippen LogP contribution in [0.2, 0.25) is 5.02 Å². The smallest absolute Gasteiger partial charge is 0.193 e. The predicted octanol–water partition coefficient (Wildman–Crippen LogP) is 4.05. The van der Waals surface area contributed by atoms with Crippen molar-refractivity contribution in [3.05, 3.63) is 71.8 Å². The first-order valence-electron chi connectivity index (χ1n) is 10.0. The number of fused-ring (bicyclic) bond motifs is 1. The van der Waals surface area contributed by atoms with E-state index in [4.69, 9.17) is 26.1 Å². The molecule has 1 unspecified atom stereocenters. The molecule has 0 aliphatic carbocycles. The highest BCUT2D eigenvalue weighted by atomic mass is 35.5. The minimum absolute atomic E-state index is 0.203. The standard InChI is InChI=1S/C24H21ClN2O4/c25-17-10-18-19(11-22(26-18)31-21-13-30-20(12-28)24(21)29)27-23(17)16-8-6-15(7-9-16)14-4-2-1-3-5-14/h1-11,20-21,24,26,28-29H,12-13H2/t20?,21-,24-/m1/s1. The van der Waals surface area contributed by atoms with Crippen molar-refractivity contribution in [2.24, 2.45) is 0 Å². The molecule has 3 heterocycles. The number of pyridine rings is 1. The lowest BCUT2D eigenvalue weighted by Crippen LogP contribution is -2.35. The summed E-state index contributed by atoms with van der Waals surface area (Å²) in [5.74, 6) is 0.460. The van der Waals surface area contributed by atoms with E-state index < -0.39 is 18.3 Å². The summed E-state index contributed by atoms with van der Waals surface area (Å²) in [4.78, 5) is 7.84. The highest BCUT2D eigenvalue weighted by molar-refractivity contribution is 6.33. The van der Waals surface area contributed by atoms with Crippen LogP contribution in [-0.2, 0) is 4.74 Å². The number of hydrogen-bond acceptors (Lipinski definition) is 5. The second-order valence-electron chi connectivity index (χ2n) is 7.53. The number of aliphatic hydroxyl groups is 2. The number of hydrogen-bond donors (Lipinski definition) is 3. The first-order valence-corrected chi connectivity index (χ1v) is 10.4. The van der Waals surface area contributed by atoms with Crippen LogP contribution in [0.5, 0.6) is 5.88 Å². The molecule has 0 spiro atoms. The zero-order chi connectivity index (χ0) is 21.4. The van der Waals surface area contributed by atoms with Crippen molar-refractivity contribution in [2.75, 3.05) is 13.2 Å².